The highest BCUT2D eigenvalue weighted by molar-refractivity contribution is 7.10. The van der Waals surface area contributed by atoms with Crippen molar-refractivity contribution in [2.24, 2.45) is 0 Å². The van der Waals surface area contributed by atoms with Gasteiger partial charge in [-0.25, -0.2) is 0 Å². The third-order valence-electron chi connectivity index (χ3n) is 2.34. The van der Waals surface area contributed by atoms with E-state index in [0.29, 0.717) is 13.2 Å². The topological polar surface area (TPSA) is 55.8 Å². The van der Waals surface area contributed by atoms with Gasteiger partial charge in [0.2, 0.25) is 0 Å². The third-order valence-corrected chi connectivity index (χ3v) is 3.28. The maximum atomic E-state index is 10.5. The zero-order valence-corrected chi connectivity index (χ0v) is 9.17. The summed E-state index contributed by atoms with van der Waals surface area (Å²) < 4.78 is 11.0. The first-order chi connectivity index (χ1) is 7.10. The number of aliphatic carboxylic acids is 1. The molecule has 4 nitrogen and oxygen atoms in total. The summed E-state index contributed by atoms with van der Waals surface area (Å²) >= 11 is 1.42. The van der Waals surface area contributed by atoms with Crippen LogP contribution >= 0.6 is 11.3 Å². The van der Waals surface area contributed by atoms with Gasteiger partial charge in [0.15, 0.2) is 5.79 Å². The van der Waals surface area contributed by atoms with Gasteiger partial charge >= 0.3 is 5.97 Å². The molecule has 1 fully saturated rings. The molecule has 2 rings (SSSR count). The number of hydrogen-bond acceptors (Lipinski definition) is 4. The molecule has 0 unspecified atom stereocenters. The molecule has 0 amide bonds. The second kappa shape index (κ2) is 3.92. The molecule has 82 valence electrons. The lowest BCUT2D eigenvalue weighted by Crippen LogP contribution is -2.21. The van der Waals surface area contributed by atoms with Crippen LogP contribution in [-0.2, 0) is 26.5 Å². The largest absolute Gasteiger partial charge is 0.481 e. The van der Waals surface area contributed by atoms with E-state index in [-0.39, 0.29) is 6.42 Å². The zero-order chi connectivity index (χ0) is 10.9. The minimum atomic E-state index is -0.818. The standard InChI is InChI=1S/C10H12O4S/c1-10(13-2-3-14-10)7-4-8(15-6-7)5-9(11)12/h4,6H,2-3,5H2,1H3,(H,11,12). The zero-order valence-electron chi connectivity index (χ0n) is 8.36. The fourth-order valence-corrected chi connectivity index (χ4v) is 2.50. The van der Waals surface area contributed by atoms with Crippen molar-refractivity contribution in [3.05, 3.63) is 21.9 Å². The monoisotopic (exact) mass is 228 g/mol. The fourth-order valence-electron chi connectivity index (χ4n) is 1.54. The van der Waals surface area contributed by atoms with Crippen LogP contribution in [0.1, 0.15) is 17.4 Å². The summed E-state index contributed by atoms with van der Waals surface area (Å²) in [5.74, 6) is -1.51. The number of ether oxygens (including phenoxy) is 2. The predicted molar refractivity (Wildman–Crippen MR) is 54.9 cm³/mol. The minimum Gasteiger partial charge on any atom is -0.481 e. The Morgan fingerprint density at radius 2 is 2.27 bits per heavy atom. The first-order valence-electron chi connectivity index (χ1n) is 4.68. The first kappa shape index (κ1) is 10.6. The summed E-state index contributed by atoms with van der Waals surface area (Å²) in [6.45, 7) is 3.02. The third kappa shape index (κ3) is 2.19. The molecule has 0 bridgehead atoms. The molecule has 0 atom stereocenters. The molecule has 0 saturated carbocycles. The van der Waals surface area contributed by atoms with Gasteiger partial charge in [0, 0.05) is 10.4 Å². The molecular formula is C10H12O4S. The minimum absolute atomic E-state index is 0.0563. The smallest absolute Gasteiger partial charge is 0.308 e. The van der Waals surface area contributed by atoms with Crippen molar-refractivity contribution < 1.29 is 19.4 Å². The van der Waals surface area contributed by atoms with Crippen molar-refractivity contribution in [2.45, 2.75) is 19.1 Å². The van der Waals surface area contributed by atoms with Crippen LogP contribution in [0.2, 0.25) is 0 Å². The normalized spacial score (nSPS) is 19.3. The Hall–Kier alpha value is -0.910. The van der Waals surface area contributed by atoms with Gasteiger partial charge in [-0.3, -0.25) is 4.79 Å². The number of carbonyl (C=O) groups is 1. The van der Waals surface area contributed by atoms with E-state index in [0.717, 1.165) is 10.4 Å². The summed E-state index contributed by atoms with van der Waals surface area (Å²) in [7, 11) is 0. The molecule has 0 aliphatic carbocycles. The molecule has 1 N–H and O–H groups in total. The van der Waals surface area contributed by atoms with E-state index < -0.39 is 11.8 Å². The summed E-state index contributed by atoms with van der Waals surface area (Å²) in [5, 5.41) is 10.5. The average molecular weight is 228 g/mol. The van der Waals surface area contributed by atoms with Crippen LogP contribution < -0.4 is 0 Å². The maximum Gasteiger partial charge on any atom is 0.308 e. The highest BCUT2D eigenvalue weighted by atomic mass is 32.1. The SMILES string of the molecule is CC1(c2csc(CC(=O)O)c2)OCCO1. The van der Waals surface area contributed by atoms with Gasteiger partial charge in [-0.2, -0.15) is 0 Å². The molecule has 1 saturated heterocycles. The van der Waals surface area contributed by atoms with E-state index >= 15 is 0 Å². The highest BCUT2D eigenvalue weighted by Gasteiger charge is 2.33. The first-order valence-corrected chi connectivity index (χ1v) is 5.56. The van der Waals surface area contributed by atoms with Gasteiger partial charge in [0.25, 0.3) is 0 Å². The molecule has 1 aliphatic heterocycles. The quantitative estimate of drug-likeness (QED) is 0.853. The Morgan fingerprint density at radius 3 is 2.87 bits per heavy atom. The molecule has 0 aromatic carbocycles. The number of carboxylic acids is 1. The van der Waals surface area contributed by atoms with Gasteiger partial charge in [0.05, 0.1) is 19.6 Å². The highest BCUT2D eigenvalue weighted by Crippen LogP contribution is 2.33. The van der Waals surface area contributed by atoms with Crippen molar-refractivity contribution in [1.29, 1.82) is 0 Å². The van der Waals surface area contributed by atoms with Gasteiger partial charge in [0.1, 0.15) is 0 Å². The predicted octanol–water partition coefficient (Wildman–Crippen LogP) is 1.59. The van der Waals surface area contributed by atoms with Crippen molar-refractivity contribution in [1.82, 2.24) is 0 Å². The van der Waals surface area contributed by atoms with Crippen LogP contribution in [0.3, 0.4) is 0 Å². The number of thiophene rings is 1. The molecule has 1 aromatic rings. The van der Waals surface area contributed by atoms with Crippen LogP contribution in [0.5, 0.6) is 0 Å². The number of carboxylic acid groups (broad SMARTS) is 1. The molecule has 2 heterocycles. The van der Waals surface area contributed by atoms with Crippen LogP contribution in [0, 0.1) is 0 Å². The summed E-state index contributed by atoms with van der Waals surface area (Å²) in [5.41, 5.74) is 0.904. The molecule has 0 radical (unpaired) electrons. The molecule has 5 heteroatoms. The van der Waals surface area contributed by atoms with E-state index in [1.165, 1.54) is 11.3 Å². The van der Waals surface area contributed by atoms with Crippen LogP contribution in [-0.4, -0.2) is 24.3 Å². The van der Waals surface area contributed by atoms with E-state index in [1.54, 1.807) is 0 Å². The Labute approximate surface area is 91.4 Å². The Balaban J connectivity index is 2.15. The van der Waals surface area contributed by atoms with E-state index in [9.17, 15) is 4.79 Å². The van der Waals surface area contributed by atoms with Crippen molar-refractivity contribution in [3.63, 3.8) is 0 Å². The van der Waals surface area contributed by atoms with Crippen molar-refractivity contribution in [2.75, 3.05) is 13.2 Å². The van der Waals surface area contributed by atoms with Gasteiger partial charge in [-0.05, 0) is 18.4 Å². The fraction of sp³-hybridized carbons (Fsp3) is 0.500. The Morgan fingerprint density at radius 1 is 1.60 bits per heavy atom. The number of rotatable bonds is 3. The summed E-state index contributed by atoms with van der Waals surface area (Å²) in [6, 6.07) is 1.84. The molecule has 1 aliphatic rings. The van der Waals surface area contributed by atoms with Crippen molar-refractivity contribution >= 4 is 17.3 Å². The van der Waals surface area contributed by atoms with E-state index in [1.807, 2.05) is 18.4 Å². The van der Waals surface area contributed by atoms with Gasteiger partial charge in [-0.1, -0.05) is 0 Å². The number of hydrogen-bond donors (Lipinski definition) is 1. The molecular weight excluding hydrogens is 216 g/mol. The lowest BCUT2D eigenvalue weighted by atomic mass is 10.1. The van der Waals surface area contributed by atoms with E-state index in [2.05, 4.69) is 0 Å². The van der Waals surface area contributed by atoms with Crippen LogP contribution in [0.25, 0.3) is 0 Å². The molecule has 15 heavy (non-hydrogen) atoms. The summed E-state index contributed by atoms with van der Waals surface area (Å²) in [4.78, 5) is 11.3. The Bertz CT molecular complexity index is 365. The average Bonchev–Trinajstić information content (AvgIpc) is 2.74. The molecule has 0 spiro atoms. The second-order valence-electron chi connectivity index (χ2n) is 3.51. The van der Waals surface area contributed by atoms with Crippen LogP contribution in [0.15, 0.2) is 11.4 Å². The summed E-state index contributed by atoms with van der Waals surface area (Å²) in [6.07, 6.45) is 0.0563. The van der Waals surface area contributed by atoms with E-state index in [4.69, 9.17) is 14.6 Å². The lowest BCUT2D eigenvalue weighted by Gasteiger charge is -2.20. The Kier molecular flexibility index (Phi) is 2.77. The maximum absolute atomic E-state index is 10.5. The lowest BCUT2D eigenvalue weighted by molar-refractivity contribution is -0.149. The van der Waals surface area contributed by atoms with Gasteiger partial charge in [-0.15, -0.1) is 11.3 Å². The van der Waals surface area contributed by atoms with Crippen molar-refractivity contribution in [3.8, 4) is 0 Å². The van der Waals surface area contributed by atoms with Crippen LogP contribution in [0.4, 0.5) is 0 Å². The van der Waals surface area contributed by atoms with Gasteiger partial charge < -0.3 is 14.6 Å². The second-order valence-corrected chi connectivity index (χ2v) is 4.51. The molecule has 1 aromatic heterocycles.